The average Bonchev–Trinajstić information content (AvgIpc) is 2.50. The Morgan fingerprint density at radius 3 is 1.81 bits per heavy atom. The van der Waals surface area contributed by atoms with Gasteiger partial charge >= 0.3 is 0 Å². The summed E-state index contributed by atoms with van der Waals surface area (Å²) >= 11 is 1.93. The first-order valence-electron chi connectivity index (χ1n) is 7.54. The van der Waals surface area contributed by atoms with E-state index in [-0.39, 0.29) is 0 Å². The quantitative estimate of drug-likeness (QED) is 0.637. The van der Waals surface area contributed by atoms with Crippen LogP contribution in [0.25, 0.3) is 0 Å². The summed E-state index contributed by atoms with van der Waals surface area (Å²) in [6.07, 6.45) is 1.25. The molecule has 2 aromatic rings. The second-order valence-corrected chi connectivity index (χ2v) is 6.08. The number of hydrogen-bond donors (Lipinski definition) is 0. The monoisotopic (exact) mass is 302 g/mol. The van der Waals surface area contributed by atoms with E-state index in [0.29, 0.717) is 0 Å². The molecule has 0 saturated carbocycles. The molecule has 2 heteroatoms. The van der Waals surface area contributed by atoms with Crippen molar-refractivity contribution in [3.05, 3.63) is 59.7 Å². The largest absolute Gasteiger partial charge is 0.494 e. The Balaban J connectivity index is 0.000000211. The van der Waals surface area contributed by atoms with Crippen LogP contribution in [0.5, 0.6) is 5.75 Å². The third-order valence-electron chi connectivity index (χ3n) is 2.83. The van der Waals surface area contributed by atoms with Crippen LogP contribution in [-0.2, 0) is 0 Å². The van der Waals surface area contributed by atoms with Crippen molar-refractivity contribution in [3.63, 3.8) is 0 Å². The Morgan fingerprint density at radius 1 is 0.810 bits per heavy atom. The zero-order valence-electron chi connectivity index (χ0n) is 13.6. The molecule has 21 heavy (non-hydrogen) atoms. The standard InChI is InChI=1S/C10H14S.C9H12O/c1-3-8-11-10-6-4-9(2)5-7-10;1-3-10-9-6-4-8(2)5-7-9/h4-7H,3,8H2,1-2H3;4-7H,3H2,1-2H3. The summed E-state index contributed by atoms with van der Waals surface area (Å²) in [7, 11) is 0. The average molecular weight is 302 g/mol. The summed E-state index contributed by atoms with van der Waals surface area (Å²) in [6, 6.07) is 16.8. The lowest BCUT2D eigenvalue weighted by Crippen LogP contribution is -1.90. The molecule has 0 amide bonds. The summed E-state index contributed by atoms with van der Waals surface area (Å²) in [6.45, 7) is 9.12. The summed E-state index contributed by atoms with van der Waals surface area (Å²) in [5.41, 5.74) is 2.61. The number of thioether (sulfide) groups is 1. The van der Waals surface area contributed by atoms with E-state index in [4.69, 9.17) is 4.74 Å². The Hall–Kier alpha value is -1.41. The third kappa shape index (κ3) is 7.81. The fourth-order valence-electron chi connectivity index (χ4n) is 1.66. The molecular formula is C19H26OS. The van der Waals surface area contributed by atoms with Crippen LogP contribution in [0.2, 0.25) is 0 Å². The molecule has 0 heterocycles. The molecule has 2 aromatic carbocycles. The fourth-order valence-corrected chi connectivity index (χ4v) is 2.42. The van der Waals surface area contributed by atoms with Crippen LogP contribution >= 0.6 is 11.8 Å². The summed E-state index contributed by atoms with van der Waals surface area (Å²) < 4.78 is 5.26. The van der Waals surface area contributed by atoms with E-state index in [9.17, 15) is 0 Å². The minimum Gasteiger partial charge on any atom is -0.494 e. The molecule has 114 valence electrons. The van der Waals surface area contributed by atoms with E-state index in [2.05, 4.69) is 45.0 Å². The number of rotatable bonds is 5. The van der Waals surface area contributed by atoms with Crippen LogP contribution in [0.1, 0.15) is 31.4 Å². The SMILES string of the molecule is CCCSc1ccc(C)cc1.CCOc1ccc(C)cc1. The zero-order valence-corrected chi connectivity index (χ0v) is 14.4. The van der Waals surface area contributed by atoms with Crippen molar-refractivity contribution in [2.45, 2.75) is 39.0 Å². The van der Waals surface area contributed by atoms with Crippen molar-refractivity contribution in [2.75, 3.05) is 12.4 Å². The number of ether oxygens (including phenoxy) is 1. The van der Waals surface area contributed by atoms with Crippen LogP contribution in [0.3, 0.4) is 0 Å². The van der Waals surface area contributed by atoms with Gasteiger partial charge in [-0.25, -0.2) is 0 Å². The maximum atomic E-state index is 5.26. The van der Waals surface area contributed by atoms with Crippen LogP contribution in [0, 0.1) is 13.8 Å². The molecule has 0 aliphatic carbocycles. The van der Waals surface area contributed by atoms with Gasteiger partial charge in [-0.3, -0.25) is 0 Å². The molecule has 0 bridgehead atoms. The number of benzene rings is 2. The first-order valence-corrected chi connectivity index (χ1v) is 8.53. The van der Waals surface area contributed by atoms with Crippen LogP contribution in [-0.4, -0.2) is 12.4 Å². The van der Waals surface area contributed by atoms with Crippen molar-refractivity contribution < 1.29 is 4.74 Å². The highest BCUT2D eigenvalue weighted by Gasteiger charge is 1.90. The molecule has 0 radical (unpaired) electrons. The Morgan fingerprint density at radius 2 is 1.33 bits per heavy atom. The van der Waals surface area contributed by atoms with Gasteiger partial charge in [-0.05, 0) is 57.2 Å². The molecule has 2 rings (SSSR count). The van der Waals surface area contributed by atoms with E-state index < -0.39 is 0 Å². The predicted octanol–water partition coefficient (Wildman–Crippen LogP) is 5.89. The Labute approximate surface area is 133 Å². The molecule has 0 atom stereocenters. The second kappa shape index (κ2) is 10.3. The van der Waals surface area contributed by atoms with Crippen molar-refractivity contribution in [3.8, 4) is 5.75 Å². The van der Waals surface area contributed by atoms with Crippen LogP contribution in [0.15, 0.2) is 53.4 Å². The van der Waals surface area contributed by atoms with Crippen molar-refractivity contribution in [2.24, 2.45) is 0 Å². The number of aryl methyl sites for hydroxylation is 2. The highest BCUT2D eigenvalue weighted by Crippen LogP contribution is 2.18. The minimum atomic E-state index is 0.739. The van der Waals surface area contributed by atoms with Crippen LogP contribution < -0.4 is 4.74 Å². The van der Waals surface area contributed by atoms with Gasteiger partial charge in [0.1, 0.15) is 5.75 Å². The maximum Gasteiger partial charge on any atom is 0.119 e. The van der Waals surface area contributed by atoms with Gasteiger partial charge < -0.3 is 4.74 Å². The topological polar surface area (TPSA) is 9.23 Å². The van der Waals surface area contributed by atoms with Gasteiger partial charge in [-0.2, -0.15) is 0 Å². The predicted molar refractivity (Wildman–Crippen MR) is 94.5 cm³/mol. The molecule has 0 spiro atoms. The Kier molecular flexibility index (Phi) is 8.68. The van der Waals surface area contributed by atoms with Gasteiger partial charge in [-0.1, -0.05) is 42.3 Å². The smallest absolute Gasteiger partial charge is 0.119 e. The van der Waals surface area contributed by atoms with Gasteiger partial charge in [0.15, 0.2) is 0 Å². The minimum absolute atomic E-state index is 0.739. The van der Waals surface area contributed by atoms with Gasteiger partial charge in [-0.15, -0.1) is 11.8 Å². The lowest BCUT2D eigenvalue weighted by Gasteiger charge is -2.01. The van der Waals surface area contributed by atoms with Gasteiger partial charge in [0.05, 0.1) is 6.61 Å². The first kappa shape index (κ1) is 17.6. The lowest BCUT2D eigenvalue weighted by atomic mass is 10.2. The van der Waals surface area contributed by atoms with Crippen LogP contribution in [0.4, 0.5) is 0 Å². The van der Waals surface area contributed by atoms with Gasteiger partial charge in [0.25, 0.3) is 0 Å². The molecule has 0 aromatic heterocycles. The normalized spacial score (nSPS) is 9.71. The molecule has 0 aliphatic heterocycles. The van der Waals surface area contributed by atoms with E-state index in [0.717, 1.165) is 12.4 Å². The molecule has 0 N–H and O–H groups in total. The highest BCUT2D eigenvalue weighted by atomic mass is 32.2. The molecule has 0 saturated heterocycles. The maximum absolute atomic E-state index is 5.26. The van der Waals surface area contributed by atoms with E-state index in [1.807, 2.05) is 43.0 Å². The van der Waals surface area contributed by atoms with E-state index >= 15 is 0 Å². The zero-order chi connectivity index (χ0) is 15.5. The van der Waals surface area contributed by atoms with Gasteiger partial charge in [0, 0.05) is 4.90 Å². The molecule has 0 unspecified atom stereocenters. The first-order chi connectivity index (χ1) is 10.2. The molecule has 0 aliphatic rings. The number of hydrogen-bond acceptors (Lipinski definition) is 2. The summed E-state index contributed by atoms with van der Waals surface area (Å²) in [5, 5.41) is 0. The Bertz CT molecular complexity index is 488. The van der Waals surface area contributed by atoms with Crippen molar-refractivity contribution in [1.29, 1.82) is 0 Å². The second-order valence-electron chi connectivity index (χ2n) is 4.91. The van der Waals surface area contributed by atoms with Crippen molar-refractivity contribution >= 4 is 11.8 Å². The molecule has 1 nitrogen and oxygen atoms in total. The van der Waals surface area contributed by atoms with Crippen molar-refractivity contribution in [1.82, 2.24) is 0 Å². The van der Waals surface area contributed by atoms with Gasteiger partial charge in [0.2, 0.25) is 0 Å². The third-order valence-corrected chi connectivity index (χ3v) is 4.04. The van der Waals surface area contributed by atoms with E-state index in [1.54, 1.807) is 0 Å². The summed E-state index contributed by atoms with van der Waals surface area (Å²) in [4.78, 5) is 1.39. The summed E-state index contributed by atoms with van der Waals surface area (Å²) in [5.74, 6) is 2.18. The lowest BCUT2D eigenvalue weighted by molar-refractivity contribution is 0.340. The van der Waals surface area contributed by atoms with E-state index in [1.165, 1.54) is 28.2 Å². The molecular weight excluding hydrogens is 276 g/mol. The highest BCUT2D eigenvalue weighted by molar-refractivity contribution is 7.99. The fraction of sp³-hybridized carbons (Fsp3) is 0.368. The molecule has 0 fully saturated rings.